The number of carbonyl (C=O) groups excluding carboxylic acids is 2. The topological polar surface area (TPSA) is 88.2 Å². The van der Waals surface area contributed by atoms with Gasteiger partial charge in [0.05, 0.1) is 18.1 Å². The zero-order valence-electron chi connectivity index (χ0n) is 11.7. The highest BCUT2D eigenvalue weighted by Crippen LogP contribution is 2.26. The Morgan fingerprint density at radius 1 is 1.27 bits per heavy atom. The molecule has 1 aliphatic heterocycles. The summed E-state index contributed by atoms with van der Waals surface area (Å²) in [6.07, 6.45) is 0.0174. The van der Waals surface area contributed by atoms with Gasteiger partial charge in [-0.2, -0.15) is 10.5 Å². The third kappa shape index (κ3) is 3.21. The molecular weight excluding hydrogens is 287 g/mol. The zero-order chi connectivity index (χ0) is 16.1. The van der Waals surface area contributed by atoms with Crippen LogP contribution >= 0.6 is 0 Å². The molecule has 112 valence electrons. The Kier molecular flexibility index (Phi) is 4.70. The van der Waals surface area contributed by atoms with Gasteiger partial charge in [-0.25, -0.2) is 4.39 Å². The second-order valence-electron chi connectivity index (χ2n) is 4.89. The van der Waals surface area contributed by atoms with E-state index in [1.807, 2.05) is 12.1 Å². The maximum absolute atomic E-state index is 12.9. The van der Waals surface area contributed by atoms with Crippen molar-refractivity contribution in [2.75, 3.05) is 24.5 Å². The molecule has 1 saturated heterocycles. The van der Waals surface area contributed by atoms with Crippen LogP contribution in [0.15, 0.2) is 24.3 Å². The molecule has 0 aliphatic carbocycles. The molecule has 1 heterocycles. The normalized spacial score (nSPS) is 17.0. The molecule has 1 aromatic carbocycles. The molecule has 0 saturated carbocycles. The number of anilines is 1. The summed E-state index contributed by atoms with van der Waals surface area (Å²) in [5, 5.41) is 17.4. The number of nitrogens with zero attached hydrogens (tertiary/aromatic N) is 4. The quantitative estimate of drug-likeness (QED) is 0.778. The van der Waals surface area contributed by atoms with E-state index in [-0.39, 0.29) is 37.9 Å². The van der Waals surface area contributed by atoms with Crippen molar-refractivity contribution >= 4 is 17.5 Å². The van der Waals surface area contributed by atoms with E-state index in [1.165, 1.54) is 29.2 Å². The van der Waals surface area contributed by atoms with Crippen LogP contribution in [0, 0.1) is 34.4 Å². The van der Waals surface area contributed by atoms with Crippen LogP contribution < -0.4 is 4.90 Å². The first kappa shape index (κ1) is 15.5. The molecule has 1 atom stereocenters. The minimum atomic E-state index is -0.598. The molecule has 0 N–H and O–H groups in total. The van der Waals surface area contributed by atoms with E-state index < -0.39 is 11.7 Å². The van der Waals surface area contributed by atoms with E-state index in [9.17, 15) is 14.0 Å². The molecule has 2 amide bonds. The number of rotatable bonds is 4. The molecule has 0 radical (unpaired) electrons. The summed E-state index contributed by atoms with van der Waals surface area (Å²) in [6.45, 7) is -0.210. The van der Waals surface area contributed by atoms with Gasteiger partial charge < -0.3 is 9.80 Å². The average molecular weight is 300 g/mol. The van der Waals surface area contributed by atoms with Crippen LogP contribution in [-0.2, 0) is 9.59 Å². The molecule has 6 nitrogen and oxygen atoms in total. The fourth-order valence-corrected chi connectivity index (χ4v) is 2.38. The van der Waals surface area contributed by atoms with E-state index >= 15 is 0 Å². The van der Waals surface area contributed by atoms with E-state index in [2.05, 4.69) is 0 Å². The first-order valence-corrected chi connectivity index (χ1v) is 6.65. The summed E-state index contributed by atoms with van der Waals surface area (Å²) in [6, 6.07) is 9.10. The SMILES string of the molecule is N#CCN(CC#N)C(=O)[C@H]1CC(=O)N(c2ccc(F)cc2)C1. The fourth-order valence-electron chi connectivity index (χ4n) is 2.38. The Bertz CT molecular complexity index is 644. The van der Waals surface area contributed by atoms with Crippen molar-refractivity contribution < 1.29 is 14.0 Å². The van der Waals surface area contributed by atoms with Gasteiger partial charge in [-0.15, -0.1) is 0 Å². The van der Waals surface area contributed by atoms with E-state index in [0.29, 0.717) is 5.69 Å². The lowest BCUT2D eigenvalue weighted by atomic mass is 10.1. The molecule has 0 unspecified atom stereocenters. The van der Waals surface area contributed by atoms with E-state index in [0.717, 1.165) is 4.90 Å². The average Bonchev–Trinajstić information content (AvgIpc) is 2.89. The molecule has 22 heavy (non-hydrogen) atoms. The Morgan fingerprint density at radius 3 is 2.41 bits per heavy atom. The highest BCUT2D eigenvalue weighted by molar-refractivity contribution is 6.00. The Labute approximate surface area is 127 Å². The van der Waals surface area contributed by atoms with Gasteiger partial charge in [0.2, 0.25) is 11.8 Å². The molecule has 2 rings (SSSR count). The second-order valence-corrected chi connectivity index (χ2v) is 4.89. The van der Waals surface area contributed by atoms with Crippen molar-refractivity contribution in [1.82, 2.24) is 4.90 Å². The van der Waals surface area contributed by atoms with Gasteiger partial charge in [0, 0.05) is 18.7 Å². The summed E-state index contributed by atoms with van der Waals surface area (Å²) in [5.74, 6) is -1.63. The predicted octanol–water partition coefficient (Wildman–Crippen LogP) is 1.05. The maximum Gasteiger partial charge on any atom is 0.229 e. The summed E-state index contributed by atoms with van der Waals surface area (Å²) in [4.78, 5) is 26.9. The van der Waals surface area contributed by atoms with Crippen molar-refractivity contribution in [3.05, 3.63) is 30.1 Å². The number of nitriles is 2. The molecule has 0 bridgehead atoms. The van der Waals surface area contributed by atoms with E-state index in [1.54, 1.807) is 0 Å². The Balaban J connectivity index is 2.11. The lowest BCUT2D eigenvalue weighted by molar-refractivity contribution is -0.134. The number of hydrogen-bond donors (Lipinski definition) is 0. The molecule has 0 spiro atoms. The molecule has 0 aromatic heterocycles. The van der Waals surface area contributed by atoms with Gasteiger partial charge in [0.15, 0.2) is 0 Å². The molecule has 1 fully saturated rings. The van der Waals surface area contributed by atoms with Gasteiger partial charge >= 0.3 is 0 Å². The fraction of sp³-hybridized carbons (Fsp3) is 0.333. The van der Waals surface area contributed by atoms with E-state index in [4.69, 9.17) is 10.5 Å². The van der Waals surface area contributed by atoms with Crippen LogP contribution in [-0.4, -0.2) is 36.3 Å². The van der Waals surface area contributed by atoms with Crippen LogP contribution in [0.25, 0.3) is 0 Å². The molecule has 1 aromatic rings. The predicted molar refractivity (Wildman–Crippen MR) is 74.7 cm³/mol. The Morgan fingerprint density at radius 2 is 1.86 bits per heavy atom. The monoisotopic (exact) mass is 300 g/mol. The number of halogens is 1. The van der Waals surface area contributed by atoms with Crippen LogP contribution in [0.2, 0.25) is 0 Å². The highest BCUT2D eigenvalue weighted by atomic mass is 19.1. The second kappa shape index (κ2) is 6.68. The van der Waals surface area contributed by atoms with Crippen molar-refractivity contribution in [3.8, 4) is 12.1 Å². The number of carbonyl (C=O) groups is 2. The molecule has 1 aliphatic rings. The number of benzene rings is 1. The third-order valence-corrected chi connectivity index (χ3v) is 3.45. The summed E-state index contributed by atoms with van der Waals surface area (Å²) in [7, 11) is 0. The van der Waals surface area contributed by atoms with Gasteiger partial charge in [-0.1, -0.05) is 0 Å². The minimum absolute atomic E-state index is 0.0174. The van der Waals surface area contributed by atoms with Gasteiger partial charge in [-0.3, -0.25) is 9.59 Å². The first-order chi connectivity index (χ1) is 10.6. The van der Waals surface area contributed by atoms with Gasteiger partial charge in [-0.05, 0) is 24.3 Å². The lowest BCUT2D eigenvalue weighted by Gasteiger charge is -2.20. The number of amides is 2. The molecular formula is C15H13FN4O2. The lowest BCUT2D eigenvalue weighted by Crippen LogP contribution is -2.38. The number of hydrogen-bond acceptors (Lipinski definition) is 4. The van der Waals surface area contributed by atoms with Gasteiger partial charge in [0.1, 0.15) is 18.9 Å². The van der Waals surface area contributed by atoms with Crippen LogP contribution in [0.4, 0.5) is 10.1 Å². The highest BCUT2D eigenvalue weighted by Gasteiger charge is 2.37. The smallest absolute Gasteiger partial charge is 0.229 e. The van der Waals surface area contributed by atoms with Gasteiger partial charge in [0.25, 0.3) is 0 Å². The maximum atomic E-state index is 12.9. The Hall–Kier alpha value is -2.93. The van der Waals surface area contributed by atoms with Crippen molar-refractivity contribution in [2.24, 2.45) is 5.92 Å². The molecule has 7 heteroatoms. The van der Waals surface area contributed by atoms with Crippen molar-refractivity contribution in [1.29, 1.82) is 10.5 Å². The standard InChI is InChI=1S/C15H13FN4O2/c16-12-1-3-13(4-2-12)20-10-11(9-14(20)21)15(22)19(7-5-17)8-6-18/h1-4,11H,7-10H2/t11-/m0/s1. The summed E-state index contributed by atoms with van der Waals surface area (Å²) >= 11 is 0. The van der Waals surface area contributed by atoms with Crippen LogP contribution in [0.1, 0.15) is 6.42 Å². The van der Waals surface area contributed by atoms with Crippen LogP contribution in [0.5, 0.6) is 0 Å². The summed E-state index contributed by atoms with van der Waals surface area (Å²) < 4.78 is 12.9. The largest absolute Gasteiger partial charge is 0.316 e. The minimum Gasteiger partial charge on any atom is -0.316 e. The van der Waals surface area contributed by atoms with Crippen molar-refractivity contribution in [2.45, 2.75) is 6.42 Å². The third-order valence-electron chi connectivity index (χ3n) is 3.45. The van der Waals surface area contributed by atoms with Crippen molar-refractivity contribution in [3.63, 3.8) is 0 Å². The van der Waals surface area contributed by atoms with Crippen LogP contribution in [0.3, 0.4) is 0 Å². The zero-order valence-corrected chi connectivity index (χ0v) is 11.7. The summed E-state index contributed by atoms with van der Waals surface area (Å²) in [5.41, 5.74) is 0.522. The first-order valence-electron chi connectivity index (χ1n) is 6.65.